The number of nitrogens with zero attached hydrogens (tertiary/aromatic N) is 1. The average Bonchev–Trinajstić information content (AvgIpc) is 2.37. The van der Waals surface area contributed by atoms with E-state index in [1.54, 1.807) is 6.07 Å². The zero-order valence-corrected chi connectivity index (χ0v) is 11.2. The van der Waals surface area contributed by atoms with Gasteiger partial charge >= 0.3 is 0 Å². The molecule has 0 bridgehead atoms. The molecule has 110 valence electrons. The van der Waals surface area contributed by atoms with Crippen molar-refractivity contribution >= 4 is 15.7 Å². The lowest BCUT2D eigenvalue weighted by molar-refractivity contribution is 0.0199. The normalized spacial score (nSPS) is 11.5. The molecule has 0 saturated carbocycles. The van der Waals surface area contributed by atoms with Crippen LogP contribution in [0.15, 0.2) is 23.1 Å². The molecule has 0 amide bonds. The van der Waals surface area contributed by atoms with Crippen LogP contribution in [0.3, 0.4) is 0 Å². The topological polar surface area (TPSA) is 105 Å². The monoisotopic (exact) mass is 305 g/mol. The third-order valence-corrected chi connectivity index (χ3v) is 3.72. The van der Waals surface area contributed by atoms with Crippen LogP contribution >= 0.6 is 0 Å². The van der Waals surface area contributed by atoms with Crippen molar-refractivity contribution in [3.8, 4) is 6.07 Å². The number of hydrogen-bond acceptors (Lipinski definition) is 5. The van der Waals surface area contributed by atoms with Crippen molar-refractivity contribution in [1.82, 2.24) is 4.72 Å². The van der Waals surface area contributed by atoms with Crippen LogP contribution < -0.4 is 10.5 Å². The Hall–Kier alpha value is -1.76. The van der Waals surface area contributed by atoms with Gasteiger partial charge in [-0.3, -0.25) is 0 Å². The Balaban J connectivity index is 2.68. The van der Waals surface area contributed by atoms with Gasteiger partial charge in [0.1, 0.15) is 12.7 Å². The summed E-state index contributed by atoms with van der Waals surface area (Å²) in [4.78, 5) is -0.219. The molecule has 0 fully saturated rings. The summed E-state index contributed by atoms with van der Waals surface area (Å²) < 4.78 is 54.1. The standard InChI is InChI=1S/C11H13F2N3O3S/c12-11(13)7-19-4-3-16-20(17,18)10-2-1-9(15)5-8(10)6-14/h1-2,5,11,16H,3-4,7,15H2. The van der Waals surface area contributed by atoms with Gasteiger partial charge in [-0.05, 0) is 18.2 Å². The Morgan fingerprint density at radius 3 is 2.75 bits per heavy atom. The molecule has 0 heterocycles. The van der Waals surface area contributed by atoms with E-state index in [1.165, 1.54) is 18.2 Å². The molecule has 3 N–H and O–H groups in total. The van der Waals surface area contributed by atoms with E-state index in [0.29, 0.717) is 0 Å². The number of anilines is 1. The van der Waals surface area contributed by atoms with Crippen molar-refractivity contribution in [3.63, 3.8) is 0 Å². The minimum Gasteiger partial charge on any atom is -0.399 e. The molecule has 9 heteroatoms. The van der Waals surface area contributed by atoms with E-state index in [9.17, 15) is 17.2 Å². The van der Waals surface area contributed by atoms with Crippen molar-refractivity contribution in [2.24, 2.45) is 0 Å². The van der Waals surface area contributed by atoms with E-state index in [4.69, 9.17) is 11.0 Å². The van der Waals surface area contributed by atoms with Crippen LogP contribution in [0.4, 0.5) is 14.5 Å². The summed E-state index contributed by atoms with van der Waals surface area (Å²) in [6.07, 6.45) is -2.60. The highest BCUT2D eigenvalue weighted by Gasteiger charge is 2.18. The SMILES string of the molecule is N#Cc1cc(N)ccc1S(=O)(=O)NCCOCC(F)F. The van der Waals surface area contributed by atoms with Gasteiger partial charge in [-0.25, -0.2) is 21.9 Å². The molecule has 0 unspecified atom stereocenters. The van der Waals surface area contributed by atoms with E-state index in [0.717, 1.165) is 0 Å². The Kier molecular flexibility index (Phi) is 5.82. The highest BCUT2D eigenvalue weighted by molar-refractivity contribution is 7.89. The van der Waals surface area contributed by atoms with Crippen molar-refractivity contribution < 1.29 is 21.9 Å². The number of nitrogen functional groups attached to an aromatic ring is 1. The molecule has 6 nitrogen and oxygen atoms in total. The Morgan fingerprint density at radius 1 is 1.45 bits per heavy atom. The first-order valence-electron chi connectivity index (χ1n) is 5.52. The maximum atomic E-state index is 11.9. The summed E-state index contributed by atoms with van der Waals surface area (Å²) in [6.45, 7) is -1.13. The van der Waals surface area contributed by atoms with Crippen molar-refractivity contribution in [2.75, 3.05) is 25.5 Å². The zero-order chi connectivity index (χ0) is 15.2. The predicted molar refractivity (Wildman–Crippen MR) is 67.6 cm³/mol. The summed E-state index contributed by atoms with van der Waals surface area (Å²) in [5.41, 5.74) is 5.63. The molecule has 0 spiro atoms. The van der Waals surface area contributed by atoms with Gasteiger partial charge in [0.25, 0.3) is 6.43 Å². The number of rotatable bonds is 7. The van der Waals surface area contributed by atoms with Gasteiger partial charge in [0.15, 0.2) is 0 Å². The molecular formula is C11H13F2N3O3S. The van der Waals surface area contributed by atoms with Crippen LogP contribution in [-0.4, -0.2) is 34.6 Å². The molecule has 0 aliphatic carbocycles. The van der Waals surface area contributed by atoms with E-state index in [1.807, 2.05) is 0 Å². The van der Waals surface area contributed by atoms with Gasteiger partial charge in [0, 0.05) is 12.2 Å². The van der Waals surface area contributed by atoms with Crippen LogP contribution in [-0.2, 0) is 14.8 Å². The Bertz CT molecular complexity index is 599. The number of nitrogens with one attached hydrogen (secondary N) is 1. The van der Waals surface area contributed by atoms with Crippen molar-refractivity contribution in [3.05, 3.63) is 23.8 Å². The fourth-order valence-electron chi connectivity index (χ4n) is 1.37. The molecule has 0 aliphatic rings. The number of alkyl halides is 2. The Labute approximate surface area is 115 Å². The number of benzene rings is 1. The zero-order valence-electron chi connectivity index (χ0n) is 10.3. The maximum absolute atomic E-state index is 11.9. The largest absolute Gasteiger partial charge is 0.399 e. The number of nitrogens with two attached hydrogens (primary N) is 1. The third-order valence-electron chi connectivity index (χ3n) is 2.20. The van der Waals surface area contributed by atoms with Gasteiger partial charge in [-0.1, -0.05) is 0 Å². The number of ether oxygens (including phenoxy) is 1. The predicted octanol–water partition coefficient (Wildman–Crippen LogP) is 0.700. The molecule has 0 atom stereocenters. The maximum Gasteiger partial charge on any atom is 0.261 e. The van der Waals surface area contributed by atoms with Crippen LogP contribution in [0.5, 0.6) is 0 Å². The highest BCUT2D eigenvalue weighted by Crippen LogP contribution is 2.17. The summed E-state index contributed by atoms with van der Waals surface area (Å²) in [6, 6.07) is 5.52. The molecule has 1 aromatic rings. The second-order valence-electron chi connectivity index (χ2n) is 3.73. The second-order valence-corrected chi connectivity index (χ2v) is 5.47. The van der Waals surface area contributed by atoms with Crippen LogP contribution in [0, 0.1) is 11.3 Å². The van der Waals surface area contributed by atoms with Crippen LogP contribution in [0.1, 0.15) is 5.56 Å². The number of sulfonamides is 1. The molecule has 0 radical (unpaired) electrons. The summed E-state index contributed by atoms with van der Waals surface area (Å²) in [5, 5.41) is 8.87. The molecule has 1 rings (SSSR count). The van der Waals surface area contributed by atoms with E-state index >= 15 is 0 Å². The molecule has 0 aromatic heterocycles. The fraction of sp³-hybridized carbons (Fsp3) is 0.364. The lowest BCUT2D eigenvalue weighted by atomic mass is 10.2. The van der Waals surface area contributed by atoms with E-state index in [-0.39, 0.29) is 29.3 Å². The minimum absolute atomic E-state index is 0.0917. The number of nitriles is 1. The van der Waals surface area contributed by atoms with Gasteiger partial charge in [0.2, 0.25) is 10.0 Å². The second kappa shape index (κ2) is 7.14. The number of hydrogen-bond donors (Lipinski definition) is 2. The molecule has 1 aromatic carbocycles. The van der Waals surface area contributed by atoms with Crippen molar-refractivity contribution in [1.29, 1.82) is 5.26 Å². The summed E-state index contributed by atoms with van der Waals surface area (Å²) in [7, 11) is -3.92. The van der Waals surface area contributed by atoms with E-state index < -0.39 is 23.1 Å². The first-order chi connectivity index (χ1) is 9.36. The summed E-state index contributed by atoms with van der Waals surface area (Å²) in [5.74, 6) is 0. The first kappa shape index (κ1) is 16.3. The van der Waals surface area contributed by atoms with Gasteiger partial charge in [-0.2, -0.15) is 5.26 Å². The molecule has 0 aliphatic heterocycles. The smallest absolute Gasteiger partial charge is 0.261 e. The van der Waals surface area contributed by atoms with Gasteiger partial charge in [0.05, 0.1) is 17.1 Å². The highest BCUT2D eigenvalue weighted by atomic mass is 32.2. The lowest BCUT2D eigenvalue weighted by Crippen LogP contribution is -2.28. The first-order valence-corrected chi connectivity index (χ1v) is 7.00. The summed E-state index contributed by atoms with van der Waals surface area (Å²) >= 11 is 0. The molecule has 20 heavy (non-hydrogen) atoms. The fourth-order valence-corrected chi connectivity index (χ4v) is 2.52. The number of halogens is 2. The lowest BCUT2D eigenvalue weighted by Gasteiger charge is -2.09. The van der Waals surface area contributed by atoms with Gasteiger partial charge < -0.3 is 10.5 Å². The quantitative estimate of drug-likeness (QED) is 0.570. The Morgan fingerprint density at radius 2 is 2.15 bits per heavy atom. The molecule has 0 saturated heterocycles. The van der Waals surface area contributed by atoms with Crippen LogP contribution in [0.25, 0.3) is 0 Å². The van der Waals surface area contributed by atoms with Crippen LogP contribution in [0.2, 0.25) is 0 Å². The van der Waals surface area contributed by atoms with E-state index in [2.05, 4.69) is 9.46 Å². The third kappa shape index (κ3) is 4.73. The minimum atomic E-state index is -3.92. The van der Waals surface area contributed by atoms with Crippen molar-refractivity contribution in [2.45, 2.75) is 11.3 Å². The average molecular weight is 305 g/mol. The molecular weight excluding hydrogens is 292 g/mol. The van der Waals surface area contributed by atoms with Gasteiger partial charge in [-0.15, -0.1) is 0 Å².